The summed E-state index contributed by atoms with van der Waals surface area (Å²) in [7, 11) is 0. The summed E-state index contributed by atoms with van der Waals surface area (Å²) in [4.78, 5) is 36.9. The first-order valence-electron chi connectivity index (χ1n) is 11.5. The van der Waals surface area contributed by atoms with Crippen LogP contribution >= 0.6 is 11.6 Å². The second-order valence-electron chi connectivity index (χ2n) is 8.64. The number of hydrogen-bond acceptors (Lipinski definition) is 7. The Bertz CT molecular complexity index is 1170. The molecule has 2 aliphatic rings. The normalized spacial score (nSPS) is 21.3. The van der Waals surface area contributed by atoms with Gasteiger partial charge >= 0.3 is 0 Å². The van der Waals surface area contributed by atoms with Crippen molar-refractivity contribution < 1.29 is 18.7 Å². The van der Waals surface area contributed by atoms with Gasteiger partial charge < -0.3 is 19.8 Å². The average molecular weight is 484 g/mol. The molecule has 0 radical (unpaired) electrons. The van der Waals surface area contributed by atoms with Crippen molar-refractivity contribution in [2.24, 2.45) is 5.92 Å². The van der Waals surface area contributed by atoms with Gasteiger partial charge in [-0.2, -0.15) is 0 Å². The summed E-state index contributed by atoms with van der Waals surface area (Å²) in [6.07, 6.45) is 8.16. The molecule has 2 amide bonds. The predicted octanol–water partition coefficient (Wildman–Crippen LogP) is 3.96. The van der Waals surface area contributed by atoms with Gasteiger partial charge in [-0.1, -0.05) is 11.6 Å². The standard InChI is InChI=1S/C24H26ClN5O4/c25-16-3-6-20(27-13-16)28-24(32)22-21(18-14-26-8-7-19(18)34-22)29-23(31)15-1-4-17(5-2-15)30-9-11-33-12-10-30/h3,6-8,13-15,17H,1-2,4-5,9-12H2,(H,29,31)(H,27,28,32). The minimum atomic E-state index is -0.516. The number of ether oxygens (including phenoxy) is 1. The zero-order valence-electron chi connectivity index (χ0n) is 18.6. The van der Waals surface area contributed by atoms with Crippen LogP contribution in [0.5, 0.6) is 0 Å². The maximum atomic E-state index is 13.2. The molecule has 2 N–H and O–H groups in total. The van der Waals surface area contributed by atoms with E-state index in [0.717, 1.165) is 52.0 Å². The molecule has 1 aliphatic carbocycles. The molecule has 0 spiro atoms. The van der Waals surface area contributed by atoms with E-state index in [2.05, 4.69) is 25.5 Å². The fourth-order valence-electron chi connectivity index (χ4n) is 4.72. The van der Waals surface area contributed by atoms with Crippen LogP contribution in [0.25, 0.3) is 11.0 Å². The molecule has 0 unspecified atom stereocenters. The van der Waals surface area contributed by atoms with Crippen molar-refractivity contribution in [3.05, 3.63) is 47.6 Å². The van der Waals surface area contributed by atoms with Crippen molar-refractivity contribution in [3.8, 4) is 0 Å². The maximum absolute atomic E-state index is 13.2. The quantitative estimate of drug-likeness (QED) is 0.565. The Morgan fingerprint density at radius 1 is 1.03 bits per heavy atom. The molecule has 178 valence electrons. The number of halogens is 1. The van der Waals surface area contributed by atoms with Gasteiger partial charge in [0.1, 0.15) is 17.1 Å². The van der Waals surface area contributed by atoms with Crippen molar-refractivity contribution in [1.29, 1.82) is 0 Å². The first-order chi connectivity index (χ1) is 16.6. The second kappa shape index (κ2) is 10.1. The highest BCUT2D eigenvalue weighted by atomic mass is 35.5. The SMILES string of the molecule is O=C(Nc1ccc(Cl)cn1)c1oc2ccncc2c1NC(=O)C1CCC(N2CCOCC2)CC1. The first-order valence-corrected chi connectivity index (χ1v) is 11.9. The molecule has 9 nitrogen and oxygen atoms in total. The van der Waals surface area contributed by atoms with Crippen LogP contribution in [0, 0.1) is 5.92 Å². The number of amides is 2. The summed E-state index contributed by atoms with van der Waals surface area (Å²) in [6.45, 7) is 3.46. The Morgan fingerprint density at radius 3 is 2.56 bits per heavy atom. The Kier molecular flexibility index (Phi) is 6.75. The van der Waals surface area contributed by atoms with E-state index in [1.54, 1.807) is 30.6 Å². The summed E-state index contributed by atoms with van der Waals surface area (Å²) >= 11 is 5.87. The van der Waals surface area contributed by atoms with Gasteiger partial charge in [0.25, 0.3) is 5.91 Å². The Hall–Kier alpha value is -3.01. The molecule has 1 aliphatic heterocycles. The molecule has 0 atom stereocenters. The molecular formula is C24H26ClN5O4. The number of carbonyl (C=O) groups excluding carboxylic acids is 2. The summed E-state index contributed by atoms with van der Waals surface area (Å²) in [5.74, 6) is -0.405. The van der Waals surface area contributed by atoms with Gasteiger partial charge in [0, 0.05) is 43.6 Å². The van der Waals surface area contributed by atoms with Crippen LogP contribution < -0.4 is 10.6 Å². The van der Waals surface area contributed by atoms with Crippen LogP contribution in [0.15, 0.2) is 41.2 Å². The fraction of sp³-hybridized carbons (Fsp3) is 0.417. The third-order valence-electron chi connectivity index (χ3n) is 6.54. The van der Waals surface area contributed by atoms with Crippen LogP contribution in [0.4, 0.5) is 11.5 Å². The molecule has 5 rings (SSSR count). The summed E-state index contributed by atoms with van der Waals surface area (Å²) < 4.78 is 11.3. The van der Waals surface area contributed by atoms with Gasteiger partial charge in [0.2, 0.25) is 11.7 Å². The fourth-order valence-corrected chi connectivity index (χ4v) is 4.83. The number of nitrogens with one attached hydrogen (secondary N) is 2. The van der Waals surface area contributed by atoms with Gasteiger partial charge in [-0.3, -0.25) is 19.5 Å². The molecule has 1 saturated carbocycles. The third kappa shape index (κ3) is 4.91. The molecule has 3 aromatic heterocycles. The van der Waals surface area contributed by atoms with Crippen molar-refractivity contribution in [2.45, 2.75) is 31.7 Å². The van der Waals surface area contributed by atoms with Gasteiger partial charge in [0.15, 0.2) is 0 Å². The highest BCUT2D eigenvalue weighted by Gasteiger charge is 2.32. The second-order valence-corrected chi connectivity index (χ2v) is 9.07. The summed E-state index contributed by atoms with van der Waals surface area (Å²) in [6, 6.07) is 5.38. The number of aromatic nitrogens is 2. The maximum Gasteiger partial charge on any atom is 0.294 e. The van der Waals surface area contributed by atoms with E-state index in [4.69, 9.17) is 20.8 Å². The molecule has 0 aromatic carbocycles. The zero-order chi connectivity index (χ0) is 23.5. The van der Waals surface area contributed by atoms with Crippen LogP contribution in [0.1, 0.15) is 36.2 Å². The lowest BCUT2D eigenvalue weighted by atomic mass is 9.84. The zero-order valence-corrected chi connectivity index (χ0v) is 19.4. The Labute approximate surface area is 201 Å². The van der Waals surface area contributed by atoms with E-state index in [9.17, 15) is 9.59 Å². The highest BCUT2D eigenvalue weighted by Crippen LogP contribution is 2.34. The molecule has 10 heteroatoms. The lowest BCUT2D eigenvalue weighted by Crippen LogP contribution is -2.45. The van der Waals surface area contributed by atoms with E-state index < -0.39 is 5.91 Å². The van der Waals surface area contributed by atoms with Crippen LogP contribution in [-0.4, -0.2) is 59.0 Å². The Morgan fingerprint density at radius 2 is 1.82 bits per heavy atom. The Balaban J connectivity index is 1.30. The predicted molar refractivity (Wildman–Crippen MR) is 128 cm³/mol. The molecule has 3 aromatic rings. The lowest BCUT2D eigenvalue weighted by Gasteiger charge is -2.38. The number of furan rings is 1. The van der Waals surface area contributed by atoms with Crippen molar-refractivity contribution in [2.75, 3.05) is 36.9 Å². The van der Waals surface area contributed by atoms with Crippen molar-refractivity contribution in [1.82, 2.24) is 14.9 Å². The molecule has 2 fully saturated rings. The van der Waals surface area contributed by atoms with Gasteiger partial charge in [0.05, 0.1) is 23.6 Å². The number of carbonyl (C=O) groups is 2. The third-order valence-corrected chi connectivity index (χ3v) is 6.77. The number of fused-ring (bicyclic) bond motifs is 1. The number of pyridine rings is 2. The largest absolute Gasteiger partial charge is 0.448 e. The number of morpholine rings is 1. The summed E-state index contributed by atoms with van der Waals surface area (Å²) in [5, 5.41) is 6.69. The summed E-state index contributed by atoms with van der Waals surface area (Å²) in [5.41, 5.74) is 0.797. The monoisotopic (exact) mass is 483 g/mol. The molecule has 1 saturated heterocycles. The van der Waals surface area contributed by atoms with Gasteiger partial charge in [-0.25, -0.2) is 4.98 Å². The van der Waals surface area contributed by atoms with E-state index in [-0.39, 0.29) is 17.6 Å². The van der Waals surface area contributed by atoms with E-state index in [0.29, 0.717) is 33.5 Å². The smallest absolute Gasteiger partial charge is 0.294 e. The highest BCUT2D eigenvalue weighted by molar-refractivity contribution is 6.30. The number of nitrogens with zero attached hydrogens (tertiary/aromatic N) is 3. The van der Waals surface area contributed by atoms with E-state index in [1.807, 2.05) is 0 Å². The first kappa shape index (κ1) is 22.8. The molecular weight excluding hydrogens is 458 g/mol. The topological polar surface area (TPSA) is 110 Å². The minimum absolute atomic E-state index is 0.00935. The average Bonchev–Trinajstić information content (AvgIpc) is 3.24. The van der Waals surface area contributed by atoms with E-state index >= 15 is 0 Å². The van der Waals surface area contributed by atoms with Gasteiger partial charge in [-0.15, -0.1) is 0 Å². The molecule has 4 heterocycles. The van der Waals surface area contributed by atoms with Crippen LogP contribution in [0.3, 0.4) is 0 Å². The molecule has 0 bridgehead atoms. The van der Waals surface area contributed by atoms with Crippen molar-refractivity contribution in [3.63, 3.8) is 0 Å². The van der Waals surface area contributed by atoms with Gasteiger partial charge in [-0.05, 0) is 43.9 Å². The number of hydrogen-bond donors (Lipinski definition) is 2. The number of rotatable bonds is 5. The van der Waals surface area contributed by atoms with Crippen molar-refractivity contribution >= 4 is 45.9 Å². The van der Waals surface area contributed by atoms with Crippen LogP contribution in [0.2, 0.25) is 5.02 Å². The lowest BCUT2D eigenvalue weighted by molar-refractivity contribution is -0.121. The molecule has 34 heavy (non-hydrogen) atoms. The van der Waals surface area contributed by atoms with Crippen LogP contribution in [-0.2, 0) is 9.53 Å². The minimum Gasteiger partial charge on any atom is -0.448 e. The number of anilines is 2. The van der Waals surface area contributed by atoms with E-state index in [1.165, 1.54) is 6.20 Å².